The lowest BCUT2D eigenvalue weighted by Gasteiger charge is -2.12. The topological polar surface area (TPSA) is 33.0 Å². The molecular weight excluding hydrogens is 193 g/mol. The van der Waals surface area contributed by atoms with Crippen LogP contribution in [0, 0.1) is 17.2 Å². The van der Waals surface area contributed by atoms with Crippen molar-refractivity contribution in [3.63, 3.8) is 0 Å². The standard InChI is InChI=1S/C12H13FNO/c1-3-15-12-6-4-5-10(9(2)7-13)11(12)8-14/h4-6H,3,7H2,1-2H3. The number of benzene rings is 1. The van der Waals surface area contributed by atoms with Gasteiger partial charge in [-0.3, -0.25) is 4.39 Å². The molecule has 0 fully saturated rings. The van der Waals surface area contributed by atoms with Gasteiger partial charge in [-0.05, 0) is 18.6 Å². The van der Waals surface area contributed by atoms with Crippen molar-refractivity contribution in [2.75, 3.05) is 13.3 Å². The molecule has 0 aliphatic heterocycles. The molecule has 0 amide bonds. The number of ether oxygens (including phenoxy) is 1. The number of halogens is 1. The van der Waals surface area contributed by atoms with E-state index >= 15 is 0 Å². The Morgan fingerprint density at radius 3 is 2.80 bits per heavy atom. The largest absolute Gasteiger partial charge is 0.492 e. The predicted octanol–water partition coefficient (Wildman–Crippen LogP) is 2.87. The molecule has 1 aromatic rings. The lowest BCUT2D eigenvalue weighted by atomic mass is 9.97. The van der Waals surface area contributed by atoms with E-state index < -0.39 is 6.67 Å². The van der Waals surface area contributed by atoms with Gasteiger partial charge in [0.15, 0.2) is 0 Å². The van der Waals surface area contributed by atoms with Crippen LogP contribution in [-0.2, 0) is 0 Å². The molecule has 79 valence electrons. The van der Waals surface area contributed by atoms with Crippen molar-refractivity contribution >= 4 is 0 Å². The molecule has 15 heavy (non-hydrogen) atoms. The molecule has 3 heteroatoms. The van der Waals surface area contributed by atoms with Crippen LogP contribution in [0.15, 0.2) is 18.2 Å². The summed E-state index contributed by atoms with van der Waals surface area (Å²) in [7, 11) is 0. The fraction of sp³-hybridized carbons (Fsp3) is 0.333. The van der Waals surface area contributed by atoms with E-state index in [-0.39, 0.29) is 0 Å². The van der Waals surface area contributed by atoms with Gasteiger partial charge in [-0.2, -0.15) is 5.26 Å². The molecule has 0 aliphatic rings. The van der Waals surface area contributed by atoms with Crippen LogP contribution in [0.4, 0.5) is 4.39 Å². The highest BCUT2D eigenvalue weighted by atomic mass is 19.1. The summed E-state index contributed by atoms with van der Waals surface area (Å²) in [5.74, 6) is 1.07. The van der Waals surface area contributed by atoms with Crippen LogP contribution < -0.4 is 4.74 Å². The zero-order chi connectivity index (χ0) is 11.3. The highest BCUT2D eigenvalue weighted by molar-refractivity contribution is 5.53. The molecule has 1 rings (SSSR count). The first-order valence-corrected chi connectivity index (χ1v) is 4.79. The van der Waals surface area contributed by atoms with E-state index in [9.17, 15) is 4.39 Å². The van der Waals surface area contributed by atoms with Crippen molar-refractivity contribution in [2.45, 2.75) is 13.8 Å². The summed E-state index contributed by atoms with van der Waals surface area (Å²) in [6, 6.07) is 7.27. The van der Waals surface area contributed by atoms with Crippen LogP contribution in [0.3, 0.4) is 0 Å². The Morgan fingerprint density at radius 1 is 1.53 bits per heavy atom. The minimum absolute atomic E-state index is 0.412. The number of nitriles is 1. The van der Waals surface area contributed by atoms with Gasteiger partial charge in [0.25, 0.3) is 0 Å². The van der Waals surface area contributed by atoms with Gasteiger partial charge in [-0.15, -0.1) is 0 Å². The second-order valence-corrected chi connectivity index (χ2v) is 3.14. The van der Waals surface area contributed by atoms with Gasteiger partial charge in [0.05, 0.1) is 18.8 Å². The number of hydrogen-bond donors (Lipinski definition) is 0. The van der Waals surface area contributed by atoms with E-state index in [4.69, 9.17) is 10.00 Å². The molecule has 0 saturated carbocycles. The Bertz CT molecular complexity index is 370. The van der Waals surface area contributed by atoms with Crippen LogP contribution in [0.5, 0.6) is 5.75 Å². The number of hydrogen-bond acceptors (Lipinski definition) is 2. The highest BCUT2D eigenvalue weighted by Crippen LogP contribution is 2.27. The first kappa shape index (κ1) is 11.5. The van der Waals surface area contributed by atoms with Gasteiger partial charge in [0.1, 0.15) is 11.8 Å². The Balaban J connectivity index is 3.17. The van der Waals surface area contributed by atoms with Crippen LogP contribution in [0.1, 0.15) is 25.0 Å². The number of alkyl halides is 1. The van der Waals surface area contributed by atoms with Crippen molar-refractivity contribution in [2.24, 2.45) is 0 Å². The van der Waals surface area contributed by atoms with E-state index in [1.807, 2.05) is 6.92 Å². The predicted molar refractivity (Wildman–Crippen MR) is 56.3 cm³/mol. The molecule has 0 saturated heterocycles. The molecule has 2 nitrogen and oxygen atoms in total. The smallest absolute Gasteiger partial charge is 0.137 e. The zero-order valence-electron chi connectivity index (χ0n) is 8.88. The summed E-state index contributed by atoms with van der Waals surface area (Å²) in [6.07, 6.45) is 0. The van der Waals surface area contributed by atoms with Crippen molar-refractivity contribution < 1.29 is 9.13 Å². The molecule has 0 bridgehead atoms. The molecule has 0 aliphatic carbocycles. The Labute approximate surface area is 89.3 Å². The zero-order valence-corrected chi connectivity index (χ0v) is 8.88. The van der Waals surface area contributed by atoms with Gasteiger partial charge in [0.2, 0.25) is 0 Å². The third-order valence-corrected chi connectivity index (χ3v) is 2.10. The summed E-state index contributed by atoms with van der Waals surface area (Å²) in [4.78, 5) is 0. The van der Waals surface area contributed by atoms with Crippen LogP contribution >= 0.6 is 0 Å². The second-order valence-electron chi connectivity index (χ2n) is 3.14. The first-order chi connectivity index (χ1) is 7.24. The molecule has 0 atom stereocenters. The molecule has 0 unspecified atom stereocenters. The Hall–Kier alpha value is -1.56. The minimum atomic E-state index is -0.551. The average Bonchev–Trinajstić information content (AvgIpc) is 2.28. The molecule has 0 aromatic heterocycles. The maximum atomic E-state index is 12.5. The second kappa shape index (κ2) is 5.35. The van der Waals surface area contributed by atoms with Crippen molar-refractivity contribution in [1.29, 1.82) is 5.26 Å². The van der Waals surface area contributed by atoms with Crippen molar-refractivity contribution in [1.82, 2.24) is 0 Å². The van der Waals surface area contributed by atoms with Crippen LogP contribution in [0.25, 0.3) is 0 Å². The molecule has 1 aromatic carbocycles. The average molecular weight is 206 g/mol. The van der Waals surface area contributed by atoms with E-state index in [2.05, 4.69) is 6.07 Å². The van der Waals surface area contributed by atoms with Gasteiger partial charge in [-0.1, -0.05) is 19.1 Å². The maximum absolute atomic E-state index is 12.5. The van der Waals surface area contributed by atoms with E-state index in [0.29, 0.717) is 29.4 Å². The van der Waals surface area contributed by atoms with Crippen LogP contribution in [0.2, 0.25) is 0 Å². The Morgan fingerprint density at radius 2 is 2.27 bits per heavy atom. The van der Waals surface area contributed by atoms with E-state index in [1.54, 1.807) is 25.1 Å². The maximum Gasteiger partial charge on any atom is 0.137 e. The molecule has 0 N–H and O–H groups in total. The highest BCUT2D eigenvalue weighted by Gasteiger charge is 2.14. The van der Waals surface area contributed by atoms with Crippen LogP contribution in [-0.4, -0.2) is 13.3 Å². The lowest BCUT2D eigenvalue weighted by Crippen LogP contribution is -2.03. The molecule has 0 spiro atoms. The molecule has 1 radical (unpaired) electrons. The molecular formula is C12H13FNO. The van der Waals surface area contributed by atoms with E-state index in [0.717, 1.165) is 0 Å². The van der Waals surface area contributed by atoms with Gasteiger partial charge < -0.3 is 4.74 Å². The van der Waals surface area contributed by atoms with Gasteiger partial charge in [0, 0.05) is 5.92 Å². The number of nitrogens with zero attached hydrogens (tertiary/aromatic N) is 1. The summed E-state index contributed by atoms with van der Waals surface area (Å²) in [5.41, 5.74) is 1.04. The van der Waals surface area contributed by atoms with Gasteiger partial charge >= 0.3 is 0 Å². The third kappa shape index (κ3) is 2.47. The van der Waals surface area contributed by atoms with Crippen molar-refractivity contribution in [3.8, 4) is 11.8 Å². The minimum Gasteiger partial charge on any atom is -0.492 e. The normalized spacial score (nSPS) is 10.1. The monoisotopic (exact) mass is 206 g/mol. The summed E-state index contributed by atoms with van der Waals surface area (Å²) in [6.45, 7) is 3.46. The summed E-state index contributed by atoms with van der Waals surface area (Å²) < 4.78 is 17.8. The number of rotatable bonds is 4. The third-order valence-electron chi connectivity index (χ3n) is 2.10. The van der Waals surface area contributed by atoms with Gasteiger partial charge in [-0.25, -0.2) is 0 Å². The quantitative estimate of drug-likeness (QED) is 0.758. The lowest BCUT2D eigenvalue weighted by molar-refractivity contribution is 0.339. The fourth-order valence-corrected chi connectivity index (χ4v) is 1.35. The first-order valence-electron chi connectivity index (χ1n) is 4.79. The molecule has 0 heterocycles. The van der Waals surface area contributed by atoms with Crippen molar-refractivity contribution in [3.05, 3.63) is 35.2 Å². The summed E-state index contributed by atoms with van der Waals surface area (Å²) in [5, 5.41) is 9.00. The van der Waals surface area contributed by atoms with E-state index in [1.165, 1.54) is 0 Å². The SMILES string of the molecule is CCOc1cccc([C](C)CF)c1C#N. The fourth-order valence-electron chi connectivity index (χ4n) is 1.35. The Kier molecular flexibility index (Phi) is 4.11. The summed E-state index contributed by atoms with van der Waals surface area (Å²) >= 11 is 0.